The zero-order valence-electron chi connectivity index (χ0n) is 43.5. The minimum Gasteiger partial charge on any atom is -0.0790 e. The van der Waals surface area contributed by atoms with Crippen LogP contribution in [0.1, 0.15) is 249 Å². The van der Waals surface area contributed by atoms with Crippen LogP contribution in [0.4, 0.5) is 0 Å². The molecule has 0 fully saturated rings. The third-order valence-electron chi connectivity index (χ3n) is 15.0. The molecule has 0 N–H and O–H groups in total. The van der Waals surface area contributed by atoms with Crippen molar-refractivity contribution < 1.29 is 0 Å². The summed E-state index contributed by atoms with van der Waals surface area (Å²) in [6.45, 7) is 19.1. The minimum atomic E-state index is -2.80. The lowest BCUT2D eigenvalue weighted by Crippen LogP contribution is -2.70. The molecule has 0 saturated carbocycles. The van der Waals surface area contributed by atoms with E-state index >= 15 is 0 Å². The van der Waals surface area contributed by atoms with E-state index in [2.05, 4.69) is 128 Å². The maximum Gasteiger partial charge on any atom is 0.159 e. The summed E-state index contributed by atoms with van der Waals surface area (Å²) in [4.78, 5) is 0. The fourth-order valence-electron chi connectivity index (χ4n) is 11.0. The Morgan fingerprint density at radius 2 is 0.625 bits per heavy atom. The van der Waals surface area contributed by atoms with Gasteiger partial charge in [0.05, 0.1) is 0 Å². The van der Waals surface area contributed by atoms with E-state index < -0.39 is 8.07 Å². The van der Waals surface area contributed by atoms with Crippen LogP contribution in [-0.4, -0.2) is 8.07 Å². The summed E-state index contributed by atoms with van der Waals surface area (Å²) >= 11 is 0. The van der Waals surface area contributed by atoms with E-state index in [0.29, 0.717) is 11.5 Å². The van der Waals surface area contributed by atoms with Crippen LogP contribution in [0.2, 0.25) is 5.54 Å². The van der Waals surface area contributed by atoms with Gasteiger partial charge in [-0.05, 0) is 138 Å². The molecule has 4 rings (SSSR count). The molecular formula is C63H100Si. The maximum atomic E-state index is 2.82. The van der Waals surface area contributed by atoms with Crippen LogP contribution in [0.15, 0.2) is 78.4 Å². The number of benzene rings is 3. The zero-order valence-corrected chi connectivity index (χ0v) is 44.5. The molecule has 0 amide bonds. The smallest absolute Gasteiger partial charge is 0.0790 e. The summed E-state index contributed by atoms with van der Waals surface area (Å²) in [6, 6.07) is 24.9. The molecule has 0 saturated heterocycles. The van der Waals surface area contributed by atoms with Gasteiger partial charge in [0.15, 0.2) is 8.07 Å². The Kier molecular flexibility index (Phi) is 26.4. The normalized spacial score (nSPS) is 14.4. The Morgan fingerprint density at radius 1 is 0.359 bits per heavy atom. The molecule has 0 spiro atoms. The van der Waals surface area contributed by atoms with E-state index in [0.717, 1.165) is 0 Å². The van der Waals surface area contributed by atoms with Crippen molar-refractivity contribution in [3.63, 3.8) is 0 Å². The van der Waals surface area contributed by atoms with Crippen LogP contribution in [0.3, 0.4) is 0 Å². The van der Waals surface area contributed by atoms with E-state index in [4.69, 9.17) is 0 Å². The lowest BCUT2D eigenvalue weighted by atomic mass is 9.97. The van der Waals surface area contributed by atoms with Crippen molar-refractivity contribution in [2.24, 2.45) is 5.92 Å². The van der Waals surface area contributed by atoms with Gasteiger partial charge in [0.1, 0.15) is 0 Å². The van der Waals surface area contributed by atoms with E-state index in [1.165, 1.54) is 199 Å². The van der Waals surface area contributed by atoms with Gasteiger partial charge in [0.25, 0.3) is 0 Å². The molecule has 1 aliphatic carbocycles. The molecule has 3 aromatic carbocycles. The fraction of sp³-hybridized carbons (Fsp3) is 0.651. The van der Waals surface area contributed by atoms with Crippen molar-refractivity contribution in [1.82, 2.24) is 0 Å². The summed E-state index contributed by atoms with van der Waals surface area (Å²) in [5.74, 6) is 0.550. The van der Waals surface area contributed by atoms with Crippen molar-refractivity contribution in [2.75, 3.05) is 0 Å². The monoisotopic (exact) mass is 885 g/mol. The number of unbranched alkanes of at least 4 members (excludes halogenated alkanes) is 18. The van der Waals surface area contributed by atoms with Crippen LogP contribution in [0, 0.1) is 5.92 Å². The van der Waals surface area contributed by atoms with Crippen LogP contribution in [0.25, 0.3) is 0 Å². The fourth-order valence-corrected chi connectivity index (χ4v) is 16.8. The van der Waals surface area contributed by atoms with Gasteiger partial charge in [-0.3, -0.25) is 0 Å². The van der Waals surface area contributed by atoms with Crippen molar-refractivity contribution in [1.29, 1.82) is 0 Å². The second-order valence-electron chi connectivity index (χ2n) is 20.6. The number of hydrogen-bond donors (Lipinski definition) is 0. The van der Waals surface area contributed by atoms with Crippen molar-refractivity contribution >= 4 is 23.6 Å². The topological polar surface area (TPSA) is 0 Å². The largest absolute Gasteiger partial charge is 0.159 e. The summed E-state index contributed by atoms with van der Waals surface area (Å²) in [7, 11) is -2.80. The van der Waals surface area contributed by atoms with Crippen molar-refractivity contribution in [3.8, 4) is 0 Å². The molecule has 0 aliphatic heterocycles. The average molecular weight is 886 g/mol. The van der Waals surface area contributed by atoms with Gasteiger partial charge in [0.2, 0.25) is 0 Å². The van der Waals surface area contributed by atoms with Gasteiger partial charge < -0.3 is 0 Å². The highest BCUT2D eigenvalue weighted by atomic mass is 28.3. The molecule has 0 heterocycles. The summed E-state index contributed by atoms with van der Waals surface area (Å²) in [5, 5.41) is 5.12. The lowest BCUT2D eigenvalue weighted by molar-refractivity contribution is 0.643. The first kappa shape index (κ1) is 54.0. The van der Waals surface area contributed by atoms with Crippen LogP contribution < -0.4 is 15.6 Å². The molecular weight excluding hydrogens is 785 g/mol. The molecule has 0 radical (unpaired) electrons. The maximum absolute atomic E-state index is 2.82. The van der Waals surface area contributed by atoms with Crippen LogP contribution in [0.5, 0.6) is 0 Å². The van der Waals surface area contributed by atoms with Gasteiger partial charge in [-0.1, -0.05) is 249 Å². The summed E-state index contributed by atoms with van der Waals surface area (Å²) < 4.78 is 0. The first-order valence-electron chi connectivity index (χ1n) is 28.2. The summed E-state index contributed by atoms with van der Waals surface area (Å²) in [5.41, 5.74) is 11.8. The first-order valence-corrected chi connectivity index (χ1v) is 30.2. The van der Waals surface area contributed by atoms with E-state index in [9.17, 15) is 0 Å². The molecule has 3 aromatic rings. The Hall–Kier alpha value is -2.64. The molecule has 0 nitrogen and oxygen atoms in total. The molecule has 64 heavy (non-hydrogen) atoms. The van der Waals surface area contributed by atoms with Gasteiger partial charge in [-0.25, -0.2) is 0 Å². The number of hydrogen-bond acceptors (Lipinski definition) is 0. The SMILES string of the molecule is CCCCCCc1cc(CCCCCC)cc([Si](c2cc(CCCCCC)cc(CCCCCC)c2)(c2cc(CCCCCC)cc(CCCCCC)c2)C2C=CC=C2C(C)CC)c1. The second kappa shape index (κ2) is 31.4. The van der Waals surface area contributed by atoms with Gasteiger partial charge >= 0.3 is 0 Å². The van der Waals surface area contributed by atoms with Crippen molar-refractivity contribution in [2.45, 2.75) is 260 Å². The predicted molar refractivity (Wildman–Crippen MR) is 291 cm³/mol. The highest BCUT2D eigenvalue weighted by molar-refractivity contribution is 7.13. The van der Waals surface area contributed by atoms with Crippen molar-refractivity contribution in [3.05, 3.63) is 112 Å². The Balaban J connectivity index is 2.16. The first-order chi connectivity index (χ1) is 31.4. The van der Waals surface area contributed by atoms with E-state index in [1.54, 1.807) is 54.5 Å². The molecule has 1 aliphatic rings. The molecule has 0 aromatic heterocycles. The highest BCUT2D eigenvalue weighted by Gasteiger charge is 2.49. The molecule has 2 unspecified atom stereocenters. The summed E-state index contributed by atoms with van der Waals surface area (Å²) in [6.07, 6.45) is 47.9. The van der Waals surface area contributed by atoms with Crippen LogP contribution >= 0.6 is 0 Å². The highest BCUT2D eigenvalue weighted by Crippen LogP contribution is 2.41. The molecule has 2 atom stereocenters. The molecule has 0 bridgehead atoms. The van der Waals surface area contributed by atoms with Gasteiger partial charge in [-0.2, -0.15) is 0 Å². The lowest BCUT2D eigenvalue weighted by Gasteiger charge is -2.42. The van der Waals surface area contributed by atoms with E-state index in [1.807, 2.05) is 0 Å². The molecule has 356 valence electrons. The van der Waals surface area contributed by atoms with E-state index in [-0.39, 0.29) is 0 Å². The molecule has 1 heteroatoms. The van der Waals surface area contributed by atoms with Gasteiger partial charge in [0, 0.05) is 5.54 Å². The Morgan fingerprint density at radius 3 is 0.859 bits per heavy atom. The number of rotatable bonds is 36. The standard InChI is InChI=1S/C63H100Si/c1-9-16-22-28-35-53-43-54(36-29-23-17-10-2)47-59(46-53)64(63-42-34-41-62(63)52(8)15-7,60-48-55(37-30-24-18-11-3)44-56(49-60)38-31-25-19-12-4)61-50-57(39-32-26-20-13-5)45-58(51-61)40-33-27-21-14-6/h34,41-52,63H,9-33,35-40H2,1-8H3. The second-order valence-corrected chi connectivity index (χ2v) is 24.6. The predicted octanol–water partition coefficient (Wildman–Crippen LogP) is 17.8. The Bertz CT molecular complexity index is 1510. The third-order valence-corrected chi connectivity index (χ3v) is 20.1. The Labute approximate surface area is 399 Å². The zero-order chi connectivity index (χ0) is 45.8. The quantitative estimate of drug-likeness (QED) is 0.0310. The third kappa shape index (κ3) is 16.9. The minimum absolute atomic E-state index is 0.400. The van der Waals surface area contributed by atoms with Crippen LogP contribution in [-0.2, 0) is 38.5 Å². The number of allylic oxidation sites excluding steroid dienone is 4. The number of aryl methyl sites for hydroxylation is 6. The van der Waals surface area contributed by atoms with Gasteiger partial charge in [-0.15, -0.1) is 0 Å². The average Bonchev–Trinajstić information content (AvgIpc) is 3.80.